The number of fused-ring (bicyclic) bond motifs is 1. The third-order valence-corrected chi connectivity index (χ3v) is 3.23. The molecule has 0 radical (unpaired) electrons. The van der Waals surface area contributed by atoms with Gasteiger partial charge in [0.2, 0.25) is 5.91 Å². The lowest BCUT2D eigenvalue weighted by atomic mass is 10.1. The van der Waals surface area contributed by atoms with Crippen LogP contribution in [0.2, 0.25) is 0 Å². The van der Waals surface area contributed by atoms with Crippen LogP contribution in [0.3, 0.4) is 0 Å². The van der Waals surface area contributed by atoms with E-state index in [1.807, 2.05) is 24.3 Å². The zero-order chi connectivity index (χ0) is 14.7. The third kappa shape index (κ3) is 2.63. The fraction of sp³-hybridized carbons (Fsp3) is 0.0588. The SMILES string of the molecule is N#Cc1ccccc1NC(=O)Cc1coc2ccccc12. The van der Waals surface area contributed by atoms with Crippen molar-refractivity contribution in [3.05, 3.63) is 65.9 Å². The van der Waals surface area contributed by atoms with E-state index in [0.717, 1.165) is 16.5 Å². The van der Waals surface area contributed by atoms with Crippen LogP contribution in [0, 0.1) is 11.3 Å². The summed E-state index contributed by atoms with van der Waals surface area (Å²) in [6.45, 7) is 0. The largest absolute Gasteiger partial charge is 0.464 e. The van der Waals surface area contributed by atoms with E-state index < -0.39 is 0 Å². The summed E-state index contributed by atoms with van der Waals surface area (Å²) in [7, 11) is 0. The molecule has 1 aromatic heterocycles. The molecule has 0 saturated heterocycles. The molecule has 0 fully saturated rings. The molecule has 3 rings (SSSR count). The van der Waals surface area contributed by atoms with Gasteiger partial charge in [0.15, 0.2) is 0 Å². The first-order chi connectivity index (χ1) is 10.3. The molecule has 3 aromatic rings. The van der Waals surface area contributed by atoms with Crippen LogP contribution in [0.1, 0.15) is 11.1 Å². The number of nitriles is 1. The quantitative estimate of drug-likeness (QED) is 0.796. The topological polar surface area (TPSA) is 66.0 Å². The maximum Gasteiger partial charge on any atom is 0.228 e. The molecule has 1 N–H and O–H groups in total. The molecular weight excluding hydrogens is 264 g/mol. The average Bonchev–Trinajstić information content (AvgIpc) is 2.91. The highest BCUT2D eigenvalue weighted by atomic mass is 16.3. The van der Waals surface area contributed by atoms with Crippen LogP contribution in [-0.2, 0) is 11.2 Å². The number of nitrogens with one attached hydrogen (secondary N) is 1. The highest BCUT2D eigenvalue weighted by Crippen LogP contribution is 2.22. The van der Waals surface area contributed by atoms with Crippen LogP contribution in [0.5, 0.6) is 0 Å². The van der Waals surface area contributed by atoms with Crippen LogP contribution in [0.4, 0.5) is 5.69 Å². The summed E-state index contributed by atoms with van der Waals surface area (Å²) in [5, 5.41) is 12.7. The number of carbonyl (C=O) groups is 1. The zero-order valence-corrected chi connectivity index (χ0v) is 11.2. The number of hydrogen-bond donors (Lipinski definition) is 1. The van der Waals surface area contributed by atoms with E-state index in [2.05, 4.69) is 11.4 Å². The van der Waals surface area contributed by atoms with Gasteiger partial charge in [0.05, 0.1) is 23.9 Å². The van der Waals surface area contributed by atoms with Crippen molar-refractivity contribution in [2.75, 3.05) is 5.32 Å². The van der Waals surface area contributed by atoms with Crippen molar-refractivity contribution in [3.8, 4) is 6.07 Å². The monoisotopic (exact) mass is 276 g/mol. The molecule has 0 spiro atoms. The van der Waals surface area contributed by atoms with E-state index in [0.29, 0.717) is 11.3 Å². The molecule has 0 atom stereocenters. The number of para-hydroxylation sites is 2. The van der Waals surface area contributed by atoms with Crippen molar-refractivity contribution in [3.63, 3.8) is 0 Å². The standard InChI is InChI=1S/C17H12N2O2/c18-10-12-5-1-3-7-15(12)19-17(20)9-13-11-21-16-8-4-2-6-14(13)16/h1-8,11H,9H2,(H,19,20). The normalized spacial score (nSPS) is 10.2. The van der Waals surface area contributed by atoms with Gasteiger partial charge in [-0.3, -0.25) is 4.79 Å². The Balaban J connectivity index is 1.79. The molecule has 0 unspecified atom stereocenters. The number of nitrogens with zero attached hydrogens (tertiary/aromatic N) is 1. The molecular formula is C17H12N2O2. The molecule has 0 saturated carbocycles. The van der Waals surface area contributed by atoms with Gasteiger partial charge in [-0.15, -0.1) is 0 Å². The summed E-state index contributed by atoms with van der Waals surface area (Å²) in [6, 6.07) is 16.6. The average molecular weight is 276 g/mol. The molecule has 0 aliphatic carbocycles. The van der Waals surface area contributed by atoms with Gasteiger partial charge >= 0.3 is 0 Å². The van der Waals surface area contributed by atoms with Crippen molar-refractivity contribution in [1.82, 2.24) is 0 Å². The summed E-state index contributed by atoms with van der Waals surface area (Å²) in [5.41, 5.74) is 2.57. The smallest absolute Gasteiger partial charge is 0.228 e. The van der Waals surface area contributed by atoms with E-state index in [-0.39, 0.29) is 12.3 Å². The fourth-order valence-electron chi connectivity index (χ4n) is 2.23. The Kier molecular flexibility index (Phi) is 3.40. The number of furan rings is 1. The van der Waals surface area contributed by atoms with Crippen molar-refractivity contribution >= 4 is 22.6 Å². The summed E-state index contributed by atoms with van der Waals surface area (Å²) in [5.74, 6) is -0.177. The molecule has 1 heterocycles. The lowest BCUT2D eigenvalue weighted by Gasteiger charge is -2.06. The Labute approximate surface area is 121 Å². The fourth-order valence-corrected chi connectivity index (χ4v) is 2.23. The van der Waals surface area contributed by atoms with E-state index in [9.17, 15) is 4.79 Å². The predicted molar refractivity (Wildman–Crippen MR) is 79.7 cm³/mol. The first-order valence-corrected chi connectivity index (χ1v) is 6.52. The Morgan fingerprint density at radius 3 is 2.76 bits per heavy atom. The van der Waals surface area contributed by atoms with Gasteiger partial charge in [-0.25, -0.2) is 0 Å². The van der Waals surface area contributed by atoms with E-state index in [4.69, 9.17) is 9.68 Å². The molecule has 0 aliphatic heterocycles. The summed E-state index contributed by atoms with van der Waals surface area (Å²) < 4.78 is 5.41. The molecule has 2 aromatic carbocycles. The molecule has 0 aliphatic rings. The van der Waals surface area contributed by atoms with Crippen LogP contribution in [0.25, 0.3) is 11.0 Å². The minimum absolute atomic E-state index is 0.177. The molecule has 102 valence electrons. The molecule has 1 amide bonds. The second-order valence-corrected chi connectivity index (χ2v) is 4.64. The molecule has 0 bridgehead atoms. The first kappa shape index (κ1) is 12.9. The minimum atomic E-state index is -0.177. The maximum absolute atomic E-state index is 12.1. The lowest BCUT2D eigenvalue weighted by molar-refractivity contribution is -0.115. The number of hydrogen-bond acceptors (Lipinski definition) is 3. The first-order valence-electron chi connectivity index (χ1n) is 6.52. The van der Waals surface area contributed by atoms with Gasteiger partial charge in [0, 0.05) is 10.9 Å². The van der Waals surface area contributed by atoms with E-state index >= 15 is 0 Å². The Hall–Kier alpha value is -3.06. The van der Waals surface area contributed by atoms with E-state index in [1.54, 1.807) is 30.5 Å². The number of anilines is 1. The van der Waals surface area contributed by atoms with Crippen molar-refractivity contribution in [2.24, 2.45) is 0 Å². The van der Waals surface area contributed by atoms with Gasteiger partial charge in [-0.1, -0.05) is 30.3 Å². The Morgan fingerprint density at radius 2 is 1.90 bits per heavy atom. The Bertz CT molecular complexity index is 843. The second-order valence-electron chi connectivity index (χ2n) is 4.64. The van der Waals surface area contributed by atoms with Gasteiger partial charge in [0.25, 0.3) is 0 Å². The molecule has 21 heavy (non-hydrogen) atoms. The van der Waals surface area contributed by atoms with Gasteiger partial charge in [0.1, 0.15) is 11.7 Å². The number of carbonyl (C=O) groups excluding carboxylic acids is 1. The zero-order valence-electron chi connectivity index (χ0n) is 11.2. The van der Waals surface area contributed by atoms with Crippen molar-refractivity contribution < 1.29 is 9.21 Å². The van der Waals surface area contributed by atoms with Gasteiger partial charge < -0.3 is 9.73 Å². The van der Waals surface area contributed by atoms with Crippen LogP contribution in [0.15, 0.2) is 59.2 Å². The summed E-state index contributed by atoms with van der Waals surface area (Å²) in [4.78, 5) is 12.1. The number of rotatable bonds is 3. The van der Waals surface area contributed by atoms with Crippen LogP contribution in [-0.4, -0.2) is 5.91 Å². The summed E-state index contributed by atoms with van der Waals surface area (Å²) >= 11 is 0. The third-order valence-electron chi connectivity index (χ3n) is 3.23. The lowest BCUT2D eigenvalue weighted by Crippen LogP contribution is -2.15. The predicted octanol–water partition coefficient (Wildman–Crippen LogP) is 3.49. The maximum atomic E-state index is 12.1. The van der Waals surface area contributed by atoms with Crippen molar-refractivity contribution in [2.45, 2.75) is 6.42 Å². The second kappa shape index (κ2) is 5.51. The summed E-state index contributed by atoms with van der Waals surface area (Å²) in [6.07, 6.45) is 1.80. The number of benzene rings is 2. The van der Waals surface area contributed by atoms with Crippen LogP contribution < -0.4 is 5.32 Å². The highest BCUT2D eigenvalue weighted by molar-refractivity contribution is 5.96. The van der Waals surface area contributed by atoms with Crippen molar-refractivity contribution in [1.29, 1.82) is 5.26 Å². The van der Waals surface area contributed by atoms with Gasteiger partial charge in [-0.05, 0) is 18.2 Å². The van der Waals surface area contributed by atoms with E-state index in [1.165, 1.54) is 0 Å². The molecule has 4 nitrogen and oxygen atoms in total. The minimum Gasteiger partial charge on any atom is -0.464 e. The number of amides is 1. The van der Waals surface area contributed by atoms with Gasteiger partial charge in [-0.2, -0.15) is 5.26 Å². The highest BCUT2D eigenvalue weighted by Gasteiger charge is 2.11. The van der Waals surface area contributed by atoms with Crippen LogP contribution >= 0.6 is 0 Å². The Morgan fingerprint density at radius 1 is 1.14 bits per heavy atom. The molecule has 4 heteroatoms.